The molecule has 0 radical (unpaired) electrons. The first-order chi connectivity index (χ1) is 16.0. The van der Waals surface area contributed by atoms with Crippen molar-refractivity contribution in [3.63, 3.8) is 0 Å². The summed E-state index contributed by atoms with van der Waals surface area (Å²) in [5, 5.41) is 5.89. The van der Waals surface area contributed by atoms with Gasteiger partial charge in [-0.1, -0.05) is 12.1 Å². The first-order valence-corrected chi connectivity index (χ1v) is 9.81. The fourth-order valence-electron chi connectivity index (χ4n) is 2.96. The molecule has 0 bridgehead atoms. The van der Waals surface area contributed by atoms with Gasteiger partial charge in [0.25, 0.3) is 5.91 Å². The molecule has 10 heteroatoms. The Morgan fingerprint density at radius 3 is 2.67 bits per heavy atom. The van der Waals surface area contributed by atoms with Gasteiger partial charge in [0, 0.05) is 35.5 Å². The summed E-state index contributed by atoms with van der Waals surface area (Å²) in [6, 6.07) is 12.6. The topological polar surface area (TPSA) is 102 Å². The van der Waals surface area contributed by atoms with E-state index < -0.39 is 12.5 Å². The molecule has 0 saturated heterocycles. The Hall–Kier alpha value is -4.47. The first kappa shape index (κ1) is 21.8. The monoisotopic (exact) mass is 448 g/mol. The van der Waals surface area contributed by atoms with E-state index in [1.807, 2.05) is 13.0 Å². The van der Waals surface area contributed by atoms with Crippen molar-refractivity contribution in [1.82, 2.24) is 19.9 Å². The Morgan fingerprint density at radius 1 is 1.00 bits per heavy atom. The van der Waals surface area contributed by atoms with Crippen molar-refractivity contribution < 1.29 is 18.3 Å². The van der Waals surface area contributed by atoms with Gasteiger partial charge in [-0.15, -0.1) is 0 Å². The average Bonchev–Trinajstić information content (AvgIpc) is 2.82. The zero-order valence-corrected chi connectivity index (χ0v) is 17.4. The maximum absolute atomic E-state index is 12.6. The molecule has 0 atom stereocenters. The number of benzene rings is 2. The van der Waals surface area contributed by atoms with Gasteiger partial charge in [0.15, 0.2) is 0 Å². The predicted octanol–water partition coefficient (Wildman–Crippen LogP) is 4.84. The van der Waals surface area contributed by atoms with E-state index in [0.29, 0.717) is 28.7 Å². The van der Waals surface area contributed by atoms with E-state index in [-0.39, 0.29) is 11.3 Å². The van der Waals surface area contributed by atoms with Gasteiger partial charge in [-0.25, -0.2) is 9.97 Å². The maximum atomic E-state index is 12.6. The van der Waals surface area contributed by atoms with Gasteiger partial charge in [-0.05, 0) is 48.9 Å². The van der Waals surface area contributed by atoms with Crippen LogP contribution in [0.5, 0.6) is 5.75 Å². The number of nitrogens with one attached hydrogen (secondary N) is 2. The van der Waals surface area contributed by atoms with Gasteiger partial charge < -0.3 is 15.4 Å². The van der Waals surface area contributed by atoms with Gasteiger partial charge in [-0.3, -0.25) is 14.8 Å². The number of aromatic nitrogens is 4. The Labute approximate surface area is 187 Å². The number of ether oxygens (including phenoxy) is 1. The molecule has 2 aromatic heterocycles. The SMILES string of the molecule is Cc1ccc(NC(=O)c2cccc(OC(F)F)c2)cc1Nc1nccc(-c2cnccn2)n1. The third-order valence-corrected chi connectivity index (χ3v) is 4.54. The highest BCUT2D eigenvalue weighted by molar-refractivity contribution is 6.04. The van der Waals surface area contributed by atoms with Crippen molar-refractivity contribution in [2.45, 2.75) is 13.5 Å². The lowest BCUT2D eigenvalue weighted by molar-refractivity contribution is -0.0498. The molecule has 33 heavy (non-hydrogen) atoms. The lowest BCUT2D eigenvalue weighted by Crippen LogP contribution is -2.13. The quantitative estimate of drug-likeness (QED) is 0.417. The van der Waals surface area contributed by atoms with E-state index in [0.717, 1.165) is 5.56 Å². The summed E-state index contributed by atoms with van der Waals surface area (Å²) < 4.78 is 29.2. The highest BCUT2D eigenvalue weighted by atomic mass is 19.3. The van der Waals surface area contributed by atoms with E-state index in [1.54, 1.807) is 43.0 Å². The highest BCUT2D eigenvalue weighted by Crippen LogP contribution is 2.25. The molecule has 4 aromatic rings. The van der Waals surface area contributed by atoms with Crippen LogP contribution in [-0.4, -0.2) is 32.5 Å². The standard InChI is InChI=1S/C23H18F2N6O2/c1-14-5-6-16(29-21(32)15-3-2-4-17(11-15)33-22(24)25)12-19(14)31-23-28-8-7-18(30-23)20-13-26-9-10-27-20/h2-13,22H,1H3,(H,29,32)(H,28,30,31). The summed E-state index contributed by atoms with van der Waals surface area (Å²) in [6.07, 6.45) is 6.37. The van der Waals surface area contributed by atoms with Crippen LogP contribution in [0, 0.1) is 6.92 Å². The molecule has 0 spiro atoms. The number of alkyl halides is 2. The minimum Gasteiger partial charge on any atom is -0.435 e. The third-order valence-electron chi connectivity index (χ3n) is 4.54. The number of nitrogens with zero attached hydrogens (tertiary/aromatic N) is 4. The number of hydrogen-bond acceptors (Lipinski definition) is 7. The van der Waals surface area contributed by atoms with Gasteiger partial charge in [0.1, 0.15) is 11.4 Å². The molecule has 0 aliphatic rings. The largest absolute Gasteiger partial charge is 0.435 e. The minimum atomic E-state index is -2.97. The molecule has 166 valence electrons. The number of halogens is 2. The van der Waals surface area contributed by atoms with Crippen LogP contribution in [0.25, 0.3) is 11.4 Å². The Bertz CT molecular complexity index is 1270. The minimum absolute atomic E-state index is 0.0935. The number of hydrogen-bond donors (Lipinski definition) is 2. The maximum Gasteiger partial charge on any atom is 0.387 e. The van der Waals surface area contributed by atoms with Gasteiger partial charge in [0.05, 0.1) is 11.9 Å². The molecular formula is C23H18F2N6O2. The van der Waals surface area contributed by atoms with Crippen molar-refractivity contribution in [3.05, 3.63) is 84.4 Å². The van der Waals surface area contributed by atoms with Crippen LogP contribution < -0.4 is 15.4 Å². The Balaban J connectivity index is 1.51. The van der Waals surface area contributed by atoms with Gasteiger partial charge >= 0.3 is 6.61 Å². The van der Waals surface area contributed by atoms with Crippen LogP contribution >= 0.6 is 0 Å². The first-order valence-electron chi connectivity index (χ1n) is 9.81. The van der Waals surface area contributed by atoms with Crippen LogP contribution in [0.1, 0.15) is 15.9 Å². The molecule has 0 saturated carbocycles. The molecular weight excluding hydrogens is 430 g/mol. The van der Waals surface area contributed by atoms with Crippen LogP contribution in [-0.2, 0) is 0 Å². The third kappa shape index (κ3) is 5.62. The zero-order valence-electron chi connectivity index (χ0n) is 17.4. The summed E-state index contributed by atoms with van der Waals surface area (Å²) in [5.74, 6) is -0.212. The average molecular weight is 448 g/mol. The van der Waals surface area contributed by atoms with Gasteiger partial charge in [0.2, 0.25) is 5.95 Å². The van der Waals surface area contributed by atoms with E-state index in [2.05, 4.69) is 35.3 Å². The van der Waals surface area contributed by atoms with Crippen molar-refractivity contribution in [2.75, 3.05) is 10.6 Å². The van der Waals surface area contributed by atoms with E-state index in [4.69, 9.17) is 0 Å². The number of rotatable bonds is 7. The summed E-state index contributed by atoms with van der Waals surface area (Å²) >= 11 is 0. The summed E-state index contributed by atoms with van der Waals surface area (Å²) in [5.41, 5.74) is 3.47. The van der Waals surface area contributed by atoms with Crippen molar-refractivity contribution in [1.29, 1.82) is 0 Å². The van der Waals surface area contributed by atoms with Crippen LogP contribution in [0.3, 0.4) is 0 Å². The molecule has 2 aromatic carbocycles. The second kappa shape index (κ2) is 9.77. The smallest absolute Gasteiger partial charge is 0.387 e. The van der Waals surface area contributed by atoms with Crippen molar-refractivity contribution in [2.24, 2.45) is 0 Å². The molecule has 0 aliphatic heterocycles. The van der Waals surface area contributed by atoms with E-state index in [9.17, 15) is 13.6 Å². The molecule has 8 nitrogen and oxygen atoms in total. The summed E-state index contributed by atoms with van der Waals surface area (Å²) in [7, 11) is 0. The van der Waals surface area contributed by atoms with E-state index >= 15 is 0 Å². The fraction of sp³-hybridized carbons (Fsp3) is 0.0870. The van der Waals surface area contributed by atoms with Crippen LogP contribution in [0.4, 0.5) is 26.1 Å². The molecule has 0 unspecified atom stereocenters. The number of amides is 1. The second-order valence-corrected chi connectivity index (χ2v) is 6.87. The van der Waals surface area contributed by atoms with Crippen LogP contribution in [0.2, 0.25) is 0 Å². The predicted molar refractivity (Wildman–Crippen MR) is 119 cm³/mol. The Kier molecular flexibility index (Phi) is 6.44. The Morgan fingerprint density at radius 2 is 1.88 bits per heavy atom. The number of carbonyl (C=O) groups excluding carboxylic acids is 1. The number of aryl methyl sites for hydroxylation is 1. The molecule has 4 rings (SSSR count). The van der Waals surface area contributed by atoms with Crippen molar-refractivity contribution >= 4 is 23.2 Å². The molecule has 2 heterocycles. The normalized spacial score (nSPS) is 10.7. The van der Waals surface area contributed by atoms with Crippen molar-refractivity contribution in [3.8, 4) is 17.1 Å². The molecule has 1 amide bonds. The lowest BCUT2D eigenvalue weighted by atomic mass is 10.1. The lowest BCUT2D eigenvalue weighted by Gasteiger charge is -2.12. The fourth-order valence-corrected chi connectivity index (χ4v) is 2.96. The van der Waals surface area contributed by atoms with Crippen LogP contribution in [0.15, 0.2) is 73.3 Å². The summed E-state index contributed by atoms with van der Waals surface area (Å²) in [4.78, 5) is 29.6. The summed E-state index contributed by atoms with van der Waals surface area (Å²) in [6.45, 7) is -1.07. The number of carbonyl (C=O) groups is 1. The molecule has 2 N–H and O–H groups in total. The second-order valence-electron chi connectivity index (χ2n) is 6.87. The van der Waals surface area contributed by atoms with Gasteiger partial charge in [-0.2, -0.15) is 8.78 Å². The zero-order chi connectivity index (χ0) is 23.2. The van der Waals surface area contributed by atoms with E-state index in [1.165, 1.54) is 24.3 Å². The molecule has 0 aliphatic carbocycles. The highest BCUT2D eigenvalue weighted by Gasteiger charge is 2.12. The number of anilines is 3. The molecule has 0 fully saturated rings.